The fourth-order valence-corrected chi connectivity index (χ4v) is 3.38. The summed E-state index contributed by atoms with van der Waals surface area (Å²) in [6.07, 6.45) is -9.13. The van der Waals surface area contributed by atoms with E-state index in [-0.39, 0.29) is 12.1 Å². The van der Waals surface area contributed by atoms with E-state index in [1.165, 1.54) is 13.8 Å². The second-order valence-electron chi connectivity index (χ2n) is 3.43. The lowest BCUT2D eigenvalue weighted by Gasteiger charge is -2.29. The molecular weight excluding hydrogens is 270 g/mol. The first-order chi connectivity index (χ1) is 7.54. The summed E-state index contributed by atoms with van der Waals surface area (Å²) in [6.45, 7) is -0.220. The highest BCUT2D eigenvalue weighted by molar-refractivity contribution is 6.67. The molecular formula is C8H14F6O2Si. The van der Waals surface area contributed by atoms with Gasteiger partial charge in [0.05, 0.1) is 0 Å². The Morgan fingerprint density at radius 3 is 1.24 bits per heavy atom. The van der Waals surface area contributed by atoms with Gasteiger partial charge in [0.2, 0.25) is 0 Å². The van der Waals surface area contributed by atoms with Gasteiger partial charge in [-0.3, -0.25) is 0 Å². The van der Waals surface area contributed by atoms with Crippen LogP contribution < -0.4 is 0 Å². The Hall–Kier alpha value is -0.283. The van der Waals surface area contributed by atoms with Crippen molar-refractivity contribution in [1.82, 2.24) is 0 Å². The summed E-state index contributed by atoms with van der Waals surface area (Å²) >= 11 is 0. The molecule has 0 spiro atoms. The summed E-state index contributed by atoms with van der Waals surface area (Å²) in [5.74, 6) is 0. The van der Waals surface area contributed by atoms with Crippen molar-refractivity contribution < 1.29 is 35.2 Å². The Morgan fingerprint density at radius 1 is 0.765 bits per heavy atom. The van der Waals surface area contributed by atoms with Gasteiger partial charge < -0.3 is 8.85 Å². The summed E-state index contributed by atoms with van der Waals surface area (Å²) in [5.41, 5.74) is 0. The predicted molar refractivity (Wildman–Crippen MR) is 50.7 cm³/mol. The fraction of sp³-hybridized carbons (Fsp3) is 1.00. The molecule has 0 N–H and O–H groups in total. The van der Waals surface area contributed by atoms with Crippen LogP contribution in [0.1, 0.15) is 13.8 Å². The van der Waals surface area contributed by atoms with Gasteiger partial charge in [-0.25, -0.2) is 0 Å². The summed E-state index contributed by atoms with van der Waals surface area (Å²) < 4.78 is 80.9. The molecule has 0 fully saturated rings. The molecule has 0 aromatic rings. The largest absolute Gasteiger partial charge is 0.410 e. The van der Waals surface area contributed by atoms with Gasteiger partial charge in [-0.1, -0.05) is 13.8 Å². The molecule has 0 aromatic carbocycles. The van der Waals surface area contributed by atoms with Gasteiger partial charge in [-0.2, -0.15) is 26.3 Å². The Kier molecular flexibility index (Phi) is 5.95. The summed E-state index contributed by atoms with van der Waals surface area (Å²) in [5, 5.41) is 0. The van der Waals surface area contributed by atoms with Crippen molar-refractivity contribution in [2.45, 2.75) is 38.3 Å². The second kappa shape index (κ2) is 6.05. The van der Waals surface area contributed by atoms with Crippen molar-refractivity contribution in [3.63, 3.8) is 0 Å². The first-order valence-corrected chi connectivity index (χ1v) is 7.18. The highest BCUT2D eigenvalue weighted by atomic mass is 28.4. The average Bonchev–Trinajstić information content (AvgIpc) is 2.16. The van der Waals surface area contributed by atoms with E-state index < -0.39 is 34.1 Å². The van der Waals surface area contributed by atoms with Gasteiger partial charge in [-0.05, 0) is 12.1 Å². The highest BCUT2D eigenvalue weighted by Crippen LogP contribution is 2.26. The van der Waals surface area contributed by atoms with E-state index in [1.807, 2.05) is 0 Å². The van der Waals surface area contributed by atoms with Gasteiger partial charge >= 0.3 is 20.9 Å². The van der Waals surface area contributed by atoms with Crippen LogP contribution in [0.4, 0.5) is 26.3 Å². The first kappa shape index (κ1) is 16.7. The van der Waals surface area contributed by atoms with Crippen LogP contribution in [-0.2, 0) is 8.85 Å². The number of halogens is 6. The molecule has 0 bridgehead atoms. The molecule has 0 saturated carbocycles. The van der Waals surface area contributed by atoms with Crippen molar-refractivity contribution in [2.75, 3.05) is 13.2 Å². The second-order valence-corrected chi connectivity index (χ2v) is 7.24. The third-order valence-corrected chi connectivity index (χ3v) is 5.57. The summed E-state index contributed by atoms with van der Waals surface area (Å²) in [6, 6.07) is 0.0747. The van der Waals surface area contributed by atoms with Crippen molar-refractivity contribution >= 4 is 8.56 Å². The molecule has 0 rings (SSSR count). The van der Waals surface area contributed by atoms with Crippen LogP contribution in [0.15, 0.2) is 0 Å². The standard InChI is InChI=1S/C8H14F6O2Si/c1-3-17(4-2,15-5-7(9,10)11)16-6-8(12,13)14/h3-6H2,1-2H3. The zero-order valence-corrected chi connectivity index (χ0v) is 10.4. The van der Waals surface area contributed by atoms with Gasteiger partial charge in [0, 0.05) is 0 Å². The normalized spacial score (nSPS) is 14.1. The van der Waals surface area contributed by atoms with E-state index in [0.29, 0.717) is 0 Å². The van der Waals surface area contributed by atoms with Gasteiger partial charge in [-0.15, -0.1) is 0 Å². The third-order valence-electron chi connectivity index (χ3n) is 2.08. The van der Waals surface area contributed by atoms with Crippen LogP contribution in [0.5, 0.6) is 0 Å². The van der Waals surface area contributed by atoms with Crippen molar-refractivity contribution in [2.24, 2.45) is 0 Å². The van der Waals surface area contributed by atoms with Gasteiger partial charge in [0.15, 0.2) is 0 Å². The van der Waals surface area contributed by atoms with Crippen LogP contribution in [-0.4, -0.2) is 34.1 Å². The summed E-state index contributed by atoms with van der Waals surface area (Å²) in [7, 11) is -3.40. The molecule has 0 aromatic heterocycles. The molecule has 104 valence electrons. The average molecular weight is 284 g/mol. The maximum Gasteiger partial charge on any atom is 0.410 e. The van der Waals surface area contributed by atoms with Crippen LogP contribution in [0.25, 0.3) is 0 Å². The molecule has 0 radical (unpaired) electrons. The SMILES string of the molecule is CC[Si](CC)(OCC(F)(F)F)OCC(F)(F)F. The Morgan fingerprint density at radius 2 is 1.06 bits per heavy atom. The minimum Gasteiger partial charge on any atom is -0.385 e. The van der Waals surface area contributed by atoms with Gasteiger partial charge in [0.25, 0.3) is 0 Å². The molecule has 0 saturated heterocycles. The molecule has 0 aliphatic rings. The zero-order valence-electron chi connectivity index (χ0n) is 9.41. The smallest absolute Gasteiger partial charge is 0.385 e. The maximum atomic E-state index is 12.0. The van der Waals surface area contributed by atoms with E-state index in [0.717, 1.165) is 0 Å². The molecule has 0 heterocycles. The Labute approximate surface area is 96.1 Å². The van der Waals surface area contributed by atoms with Crippen molar-refractivity contribution in [3.05, 3.63) is 0 Å². The van der Waals surface area contributed by atoms with E-state index in [1.54, 1.807) is 0 Å². The lowest BCUT2D eigenvalue weighted by atomic mass is 10.7. The number of rotatable bonds is 6. The molecule has 0 aliphatic heterocycles. The lowest BCUT2D eigenvalue weighted by Crippen LogP contribution is -2.45. The number of hydrogen-bond acceptors (Lipinski definition) is 2. The molecule has 2 nitrogen and oxygen atoms in total. The predicted octanol–water partition coefficient (Wildman–Crippen LogP) is 3.63. The van der Waals surface area contributed by atoms with E-state index in [2.05, 4.69) is 8.85 Å². The van der Waals surface area contributed by atoms with E-state index in [9.17, 15) is 26.3 Å². The molecule has 0 atom stereocenters. The minimum atomic E-state index is -4.57. The van der Waals surface area contributed by atoms with Crippen LogP contribution in [0.3, 0.4) is 0 Å². The lowest BCUT2D eigenvalue weighted by molar-refractivity contribution is -0.172. The van der Waals surface area contributed by atoms with E-state index in [4.69, 9.17) is 0 Å². The van der Waals surface area contributed by atoms with E-state index >= 15 is 0 Å². The minimum absolute atomic E-state index is 0.0374. The first-order valence-electron chi connectivity index (χ1n) is 4.95. The summed E-state index contributed by atoms with van der Waals surface area (Å²) in [4.78, 5) is 0. The fourth-order valence-electron chi connectivity index (χ4n) is 1.13. The highest BCUT2D eigenvalue weighted by Gasteiger charge is 2.42. The number of alkyl halides is 6. The Balaban J connectivity index is 4.46. The molecule has 0 aliphatic carbocycles. The topological polar surface area (TPSA) is 18.5 Å². The van der Waals surface area contributed by atoms with Crippen LogP contribution >= 0.6 is 0 Å². The molecule has 9 heteroatoms. The van der Waals surface area contributed by atoms with Crippen LogP contribution in [0.2, 0.25) is 12.1 Å². The van der Waals surface area contributed by atoms with Crippen molar-refractivity contribution in [3.8, 4) is 0 Å². The third kappa shape index (κ3) is 7.61. The number of hydrogen-bond donors (Lipinski definition) is 0. The molecule has 17 heavy (non-hydrogen) atoms. The monoisotopic (exact) mass is 284 g/mol. The van der Waals surface area contributed by atoms with Crippen molar-refractivity contribution in [1.29, 1.82) is 0 Å². The van der Waals surface area contributed by atoms with Crippen LogP contribution in [0, 0.1) is 0 Å². The quantitative estimate of drug-likeness (QED) is 0.548. The zero-order chi connectivity index (χ0) is 13.7. The molecule has 0 amide bonds. The van der Waals surface area contributed by atoms with Gasteiger partial charge in [0.1, 0.15) is 13.2 Å². The molecule has 0 unspecified atom stereocenters. The Bertz CT molecular complexity index is 203. The maximum absolute atomic E-state index is 12.0.